The van der Waals surface area contributed by atoms with Crippen LogP contribution in [0.2, 0.25) is 0 Å². The highest BCUT2D eigenvalue weighted by Crippen LogP contribution is 2.48. The highest BCUT2D eigenvalue weighted by Gasteiger charge is 2.42. The Hall–Kier alpha value is -3.32. The molecule has 2 aromatic carbocycles. The summed E-state index contributed by atoms with van der Waals surface area (Å²) in [6.45, 7) is 6.71. The van der Waals surface area contributed by atoms with Crippen LogP contribution < -0.4 is 15.0 Å². The minimum atomic E-state index is -0.388. The topological polar surface area (TPSA) is 71.1 Å². The number of anilines is 2. The molecule has 2 aromatic rings. The summed E-state index contributed by atoms with van der Waals surface area (Å²) in [5.74, 6) is 0.914. The molecule has 1 amide bonds. The van der Waals surface area contributed by atoms with Crippen LogP contribution in [0.25, 0.3) is 0 Å². The lowest BCUT2D eigenvalue weighted by molar-refractivity contribution is -0.133. The maximum atomic E-state index is 13.7. The number of fused-ring (bicyclic) bond motifs is 1. The average Bonchev–Trinajstić information content (AvgIpc) is 2.98. The molecular formula is C28H33N3O4. The zero-order valence-electron chi connectivity index (χ0n) is 20.7. The predicted octanol–water partition coefficient (Wildman–Crippen LogP) is 4.17. The summed E-state index contributed by atoms with van der Waals surface area (Å²) in [5.41, 5.74) is 4.34. The molecule has 1 saturated heterocycles. The molecule has 0 aromatic heterocycles. The second-order valence-electron chi connectivity index (χ2n) is 10.3. The Morgan fingerprint density at radius 2 is 1.80 bits per heavy atom. The van der Waals surface area contributed by atoms with Gasteiger partial charge in [0.25, 0.3) is 0 Å². The van der Waals surface area contributed by atoms with Gasteiger partial charge in [-0.15, -0.1) is 0 Å². The maximum absolute atomic E-state index is 13.7. The lowest BCUT2D eigenvalue weighted by atomic mass is 9.73. The van der Waals surface area contributed by atoms with Gasteiger partial charge in [0.2, 0.25) is 5.91 Å². The molecule has 5 rings (SSSR count). The van der Waals surface area contributed by atoms with Crippen LogP contribution in [0.4, 0.5) is 11.4 Å². The number of methoxy groups -OCH3 is 1. The summed E-state index contributed by atoms with van der Waals surface area (Å²) in [6.07, 6.45) is 1.24. The van der Waals surface area contributed by atoms with E-state index in [1.807, 2.05) is 53.4 Å². The number of nitrogens with zero attached hydrogens (tertiary/aromatic N) is 2. The number of hydrogen-bond acceptors (Lipinski definition) is 6. The quantitative estimate of drug-likeness (QED) is 0.716. The molecule has 1 fully saturated rings. The molecule has 1 unspecified atom stereocenters. The van der Waals surface area contributed by atoms with E-state index in [-0.39, 0.29) is 29.7 Å². The van der Waals surface area contributed by atoms with Gasteiger partial charge in [0.15, 0.2) is 5.78 Å². The van der Waals surface area contributed by atoms with Gasteiger partial charge in [-0.2, -0.15) is 0 Å². The third-order valence-corrected chi connectivity index (χ3v) is 7.11. The number of benzene rings is 2. The molecular weight excluding hydrogens is 442 g/mol. The van der Waals surface area contributed by atoms with Crippen molar-refractivity contribution in [3.63, 3.8) is 0 Å². The summed E-state index contributed by atoms with van der Waals surface area (Å²) in [5, 5.41) is 3.60. The van der Waals surface area contributed by atoms with Crippen LogP contribution >= 0.6 is 0 Å². The summed E-state index contributed by atoms with van der Waals surface area (Å²) in [6, 6.07) is 15.5. The van der Waals surface area contributed by atoms with E-state index in [0.29, 0.717) is 32.7 Å². The number of hydrogen-bond donors (Lipinski definition) is 1. The maximum Gasteiger partial charge on any atom is 0.242 e. The van der Waals surface area contributed by atoms with E-state index in [1.54, 1.807) is 7.11 Å². The van der Waals surface area contributed by atoms with Gasteiger partial charge in [0.05, 0.1) is 44.3 Å². The Balaban J connectivity index is 1.65. The molecule has 3 aliphatic rings. The van der Waals surface area contributed by atoms with Crippen molar-refractivity contribution in [1.82, 2.24) is 4.90 Å². The van der Waals surface area contributed by atoms with Crippen LogP contribution in [0.15, 0.2) is 59.8 Å². The molecule has 1 aliphatic carbocycles. The van der Waals surface area contributed by atoms with E-state index < -0.39 is 0 Å². The zero-order valence-corrected chi connectivity index (χ0v) is 20.7. The number of rotatable bonds is 4. The second-order valence-corrected chi connectivity index (χ2v) is 10.3. The Bertz CT molecular complexity index is 1150. The van der Waals surface area contributed by atoms with E-state index >= 15 is 0 Å². The number of allylic oxidation sites excluding steroid dienone is 1. The number of ketones is 1. The van der Waals surface area contributed by atoms with Gasteiger partial charge in [0, 0.05) is 30.8 Å². The van der Waals surface area contributed by atoms with Crippen LogP contribution in [0.5, 0.6) is 5.75 Å². The predicted molar refractivity (Wildman–Crippen MR) is 136 cm³/mol. The van der Waals surface area contributed by atoms with Gasteiger partial charge in [-0.1, -0.05) is 38.1 Å². The molecule has 0 bridgehead atoms. The largest absolute Gasteiger partial charge is 0.497 e. The molecule has 1 N–H and O–H groups in total. The monoisotopic (exact) mass is 475 g/mol. The number of nitrogens with one attached hydrogen (secondary N) is 1. The summed E-state index contributed by atoms with van der Waals surface area (Å²) in [4.78, 5) is 31.2. The number of para-hydroxylation sites is 2. The molecule has 7 nitrogen and oxygen atoms in total. The first-order valence-corrected chi connectivity index (χ1v) is 12.2. The first kappa shape index (κ1) is 23.4. The summed E-state index contributed by atoms with van der Waals surface area (Å²) >= 11 is 0. The van der Waals surface area contributed by atoms with Crippen LogP contribution in [0, 0.1) is 5.41 Å². The fourth-order valence-corrected chi connectivity index (χ4v) is 5.42. The first-order chi connectivity index (χ1) is 16.9. The fourth-order valence-electron chi connectivity index (χ4n) is 5.42. The van der Waals surface area contributed by atoms with Crippen molar-refractivity contribution in [2.24, 2.45) is 5.41 Å². The number of Topliss-reactive ketones (excluding diaryl/α,β-unsaturated/α-hetero) is 1. The number of ether oxygens (including phenoxy) is 2. The minimum Gasteiger partial charge on any atom is -0.497 e. The lowest BCUT2D eigenvalue weighted by Gasteiger charge is -2.39. The number of carbonyl (C=O) groups is 2. The summed E-state index contributed by atoms with van der Waals surface area (Å²) < 4.78 is 10.8. The Morgan fingerprint density at radius 1 is 1.09 bits per heavy atom. The molecule has 2 aliphatic heterocycles. The van der Waals surface area contributed by atoms with E-state index in [0.717, 1.165) is 40.4 Å². The van der Waals surface area contributed by atoms with Crippen molar-refractivity contribution in [3.8, 4) is 5.75 Å². The standard InChI is InChI=1S/C28H33N3O4/c1-28(2)16-22-26(24(32)17-28)27(19-8-10-20(34-3)11-9-19)31(23-7-5-4-6-21(23)29-22)18-25(33)30-12-14-35-15-13-30/h4-11,27,29H,12-18H2,1-3H3. The van der Waals surface area contributed by atoms with Crippen LogP contribution in [-0.4, -0.2) is 56.5 Å². The third kappa shape index (κ3) is 4.65. The first-order valence-electron chi connectivity index (χ1n) is 12.2. The number of carbonyl (C=O) groups excluding carboxylic acids is 2. The minimum absolute atomic E-state index is 0.0363. The van der Waals surface area contributed by atoms with Gasteiger partial charge >= 0.3 is 0 Å². The molecule has 1 atom stereocenters. The van der Waals surface area contributed by atoms with Crippen LogP contribution in [0.1, 0.15) is 38.3 Å². The number of morpholine rings is 1. The van der Waals surface area contributed by atoms with Crippen molar-refractivity contribution in [3.05, 3.63) is 65.4 Å². The Morgan fingerprint density at radius 3 is 2.51 bits per heavy atom. The summed E-state index contributed by atoms with van der Waals surface area (Å²) in [7, 11) is 1.64. The van der Waals surface area contributed by atoms with E-state index in [9.17, 15) is 9.59 Å². The van der Waals surface area contributed by atoms with Crippen molar-refractivity contribution in [2.45, 2.75) is 32.7 Å². The lowest BCUT2D eigenvalue weighted by Crippen LogP contribution is -2.47. The number of amides is 1. The fraction of sp³-hybridized carbons (Fsp3) is 0.429. The molecule has 0 saturated carbocycles. The van der Waals surface area contributed by atoms with Gasteiger partial charge in [-0.25, -0.2) is 0 Å². The second kappa shape index (κ2) is 9.38. The van der Waals surface area contributed by atoms with E-state index in [2.05, 4.69) is 24.1 Å². The van der Waals surface area contributed by atoms with Gasteiger partial charge in [-0.3, -0.25) is 9.59 Å². The van der Waals surface area contributed by atoms with E-state index in [1.165, 1.54) is 0 Å². The smallest absolute Gasteiger partial charge is 0.242 e. The molecule has 184 valence electrons. The molecule has 35 heavy (non-hydrogen) atoms. The SMILES string of the molecule is COc1ccc(C2C3=C(CC(C)(C)CC3=O)Nc3ccccc3N2CC(=O)N2CCOCC2)cc1. The molecule has 0 spiro atoms. The third-order valence-electron chi connectivity index (χ3n) is 7.11. The molecule has 7 heteroatoms. The Labute approximate surface area is 206 Å². The highest BCUT2D eigenvalue weighted by molar-refractivity contribution is 6.01. The molecule has 0 radical (unpaired) electrons. The van der Waals surface area contributed by atoms with E-state index in [4.69, 9.17) is 9.47 Å². The van der Waals surface area contributed by atoms with Crippen LogP contribution in [0.3, 0.4) is 0 Å². The normalized spacial score (nSPS) is 21.6. The average molecular weight is 476 g/mol. The highest BCUT2D eigenvalue weighted by atomic mass is 16.5. The van der Waals surface area contributed by atoms with Crippen molar-refractivity contribution in [1.29, 1.82) is 0 Å². The van der Waals surface area contributed by atoms with Crippen LogP contribution in [-0.2, 0) is 14.3 Å². The van der Waals surface area contributed by atoms with Crippen molar-refractivity contribution >= 4 is 23.1 Å². The van der Waals surface area contributed by atoms with Gasteiger partial charge < -0.3 is 24.6 Å². The van der Waals surface area contributed by atoms with Crippen molar-refractivity contribution in [2.75, 3.05) is 50.2 Å². The van der Waals surface area contributed by atoms with Gasteiger partial charge in [0.1, 0.15) is 5.75 Å². The molecule has 2 heterocycles. The van der Waals surface area contributed by atoms with Gasteiger partial charge in [-0.05, 0) is 41.7 Å². The Kier molecular flexibility index (Phi) is 6.28. The van der Waals surface area contributed by atoms with Crippen molar-refractivity contribution < 1.29 is 19.1 Å². The zero-order chi connectivity index (χ0) is 24.6.